The van der Waals surface area contributed by atoms with E-state index in [1.165, 1.54) is 14.2 Å². The standard InChI is InChI=1S/C26H20F6N4O3S/c1-38-20-8-6-19(7-9-20)36-23(15-4-3-5-21(10-15)39-2)34-35-24(36)40-14-22(37)33-18-12-16(25(27,28)29)11-17(13-18)26(30,31)32/h3-13H,14H2,1-2H3,(H,33,37). The van der Waals surface area contributed by atoms with Gasteiger partial charge in [-0.25, -0.2) is 0 Å². The smallest absolute Gasteiger partial charge is 0.416 e. The van der Waals surface area contributed by atoms with Crippen LogP contribution in [-0.2, 0) is 17.1 Å². The van der Waals surface area contributed by atoms with Gasteiger partial charge in [0.2, 0.25) is 5.91 Å². The van der Waals surface area contributed by atoms with Crippen LogP contribution >= 0.6 is 11.8 Å². The fourth-order valence-electron chi connectivity index (χ4n) is 3.63. The molecule has 0 aliphatic heterocycles. The number of anilines is 1. The van der Waals surface area contributed by atoms with Gasteiger partial charge in [0.15, 0.2) is 11.0 Å². The van der Waals surface area contributed by atoms with Gasteiger partial charge in [0.1, 0.15) is 11.5 Å². The summed E-state index contributed by atoms with van der Waals surface area (Å²) in [5.74, 6) is 0.330. The minimum absolute atomic E-state index is 0.0121. The Morgan fingerprint density at radius 1 is 0.850 bits per heavy atom. The van der Waals surface area contributed by atoms with Crippen molar-refractivity contribution in [3.8, 4) is 28.6 Å². The minimum atomic E-state index is -5.04. The quantitative estimate of drug-likeness (QED) is 0.184. The van der Waals surface area contributed by atoms with Crippen LogP contribution in [0.2, 0.25) is 0 Å². The Morgan fingerprint density at radius 2 is 1.48 bits per heavy atom. The number of nitrogens with one attached hydrogen (secondary N) is 1. The van der Waals surface area contributed by atoms with Gasteiger partial charge in [0, 0.05) is 16.9 Å². The molecule has 40 heavy (non-hydrogen) atoms. The van der Waals surface area contributed by atoms with Crippen LogP contribution < -0.4 is 14.8 Å². The first kappa shape index (κ1) is 28.8. The van der Waals surface area contributed by atoms with Crippen molar-refractivity contribution in [3.05, 3.63) is 77.9 Å². The summed E-state index contributed by atoms with van der Waals surface area (Å²) in [7, 11) is 3.02. The third-order valence-corrected chi connectivity index (χ3v) is 6.42. The van der Waals surface area contributed by atoms with Gasteiger partial charge in [-0.15, -0.1) is 10.2 Å². The van der Waals surface area contributed by atoms with Crippen LogP contribution in [0.25, 0.3) is 17.1 Å². The Bertz CT molecular complexity index is 1470. The number of alkyl halides is 6. The lowest BCUT2D eigenvalue weighted by atomic mass is 10.1. The van der Waals surface area contributed by atoms with Gasteiger partial charge in [-0.3, -0.25) is 9.36 Å². The number of amides is 1. The molecule has 0 saturated carbocycles. The van der Waals surface area contributed by atoms with Gasteiger partial charge < -0.3 is 14.8 Å². The molecule has 3 aromatic carbocycles. The number of methoxy groups -OCH3 is 2. The molecule has 0 unspecified atom stereocenters. The van der Waals surface area contributed by atoms with Crippen LogP contribution in [0.5, 0.6) is 11.5 Å². The molecule has 14 heteroatoms. The van der Waals surface area contributed by atoms with E-state index in [1.54, 1.807) is 53.1 Å². The van der Waals surface area contributed by atoms with Crippen molar-refractivity contribution in [1.82, 2.24) is 14.8 Å². The van der Waals surface area contributed by atoms with Crippen molar-refractivity contribution in [3.63, 3.8) is 0 Å². The summed E-state index contributed by atoms with van der Waals surface area (Å²) in [6.45, 7) is 0. The molecule has 4 rings (SSSR count). The van der Waals surface area contributed by atoms with E-state index in [2.05, 4.69) is 15.5 Å². The van der Waals surface area contributed by atoms with Crippen molar-refractivity contribution < 1.29 is 40.6 Å². The van der Waals surface area contributed by atoms with Crippen molar-refractivity contribution in [2.45, 2.75) is 17.5 Å². The predicted molar refractivity (Wildman–Crippen MR) is 136 cm³/mol. The summed E-state index contributed by atoms with van der Waals surface area (Å²) in [6.07, 6.45) is -10.1. The Morgan fingerprint density at radius 3 is 2.05 bits per heavy atom. The van der Waals surface area contributed by atoms with E-state index in [0.29, 0.717) is 40.7 Å². The lowest BCUT2D eigenvalue weighted by molar-refractivity contribution is -0.143. The second kappa shape index (κ2) is 11.5. The summed E-state index contributed by atoms with van der Waals surface area (Å²) in [6, 6.07) is 14.8. The normalized spacial score (nSPS) is 11.8. The largest absolute Gasteiger partial charge is 0.497 e. The van der Waals surface area contributed by atoms with Gasteiger partial charge in [0.25, 0.3) is 0 Å². The molecule has 0 bridgehead atoms. The van der Waals surface area contributed by atoms with Crippen molar-refractivity contribution >= 4 is 23.4 Å². The number of carbonyl (C=O) groups is 1. The second-order valence-corrected chi connectivity index (χ2v) is 9.15. The molecule has 1 N–H and O–H groups in total. The number of aromatic nitrogens is 3. The van der Waals surface area contributed by atoms with E-state index >= 15 is 0 Å². The molecule has 4 aromatic rings. The molecular weight excluding hydrogens is 562 g/mol. The first-order valence-electron chi connectivity index (χ1n) is 11.4. The summed E-state index contributed by atoms with van der Waals surface area (Å²) in [5, 5.41) is 10.8. The van der Waals surface area contributed by atoms with E-state index in [9.17, 15) is 31.1 Å². The van der Waals surface area contributed by atoms with Gasteiger partial charge in [-0.1, -0.05) is 23.9 Å². The maximum atomic E-state index is 13.2. The predicted octanol–water partition coefficient (Wildman–Crippen LogP) is 6.72. The average Bonchev–Trinajstić information content (AvgIpc) is 3.35. The first-order chi connectivity index (χ1) is 18.9. The highest BCUT2D eigenvalue weighted by Gasteiger charge is 2.37. The summed E-state index contributed by atoms with van der Waals surface area (Å²) < 4.78 is 91.1. The molecule has 1 heterocycles. The van der Waals surface area contributed by atoms with Gasteiger partial charge in [-0.2, -0.15) is 26.3 Å². The van der Waals surface area contributed by atoms with Gasteiger partial charge in [-0.05, 0) is 54.6 Å². The fraction of sp³-hybridized carbons (Fsp3) is 0.192. The number of nitrogens with zero attached hydrogens (tertiary/aromatic N) is 3. The second-order valence-electron chi connectivity index (χ2n) is 8.20. The third kappa shape index (κ3) is 6.68. The Hall–Kier alpha value is -4.20. The van der Waals surface area contributed by atoms with E-state index in [-0.39, 0.29) is 17.0 Å². The van der Waals surface area contributed by atoms with Crippen molar-refractivity contribution in [1.29, 1.82) is 0 Å². The number of carbonyl (C=O) groups excluding carboxylic acids is 1. The third-order valence-electron chi connectivity index (χ3n) is 5.50. The molecular formula is C26H20F6N4O3S. The highest BCUT2D eigenvalue weighted by atomic mass is 32.2. The molecule has 0 saturated heterocycles. The van der Waals surface area contributed by atoms with E-state index in [0.717, 1.165) is 11.8 Å². The first-order valence-corrected chi connectivity index (χ1v) is 12.3. The van der Waals surface area contributed by atoms with Crippen LogP contribution in [0, 0.1) is 0 Å². The fourth-order valence-corrected chi connectivity index (χ4v) is 4.38. The Labute approximate surface area is 228 Å². The molecule has 0 aliphatic rings. The molecule has 210 valence electrons. The number of ether oxygens (including phenoxy) is 2. The molecule has 1 amide bonds. The van der Waals surface area contributed by atoms with Gasteiger partial charge in [0.05, 0.1) is 31.1 Å². The van der Waals surface area contributed by atoms with E-state index < -0.39 is 35.1 Å². The molecule has 0 radical (unpaired) electrons. The topological polar surface area (TPSA) is 78.3 Å². The van der Waals surface area contributed by atoms with Crippen LogP contribution in [0.15, 0.2) is 71.9 Å². The van der Waals surface area contributed by atoms with Crippen LogP contribution in [0.3, 0.4) is 0 Å². The zero-order valence-electron chi connectivity index (χ0n) is 20.8. The number of thioether (sulfide) groups is 1. The SMILES string of the molecule is COc1ccc(-n2c(SCC(=O)Nc3cc(C(F)(F)F)cc(C(F)(F)F)c3)nnc2-c2cccc(OC)c2)cc1. The summed E-state index contributed by atoms with van der Waals surface area (Å²) in [5.41, 5.74) is -2.46. The molecule has 0 atom stereocenters. The van der Waals surface area contributed by atoms with Crippen LogP contribution in [-0.4, -0.2) is 40.6 Å². The van der Waals surface area contributed by atoms with Crippen molar-refractivity contribution in [2.75, 3.05) is 25.3 Å². The highest BCUT2D eigenvalue weighted by molar-refractivity contribution is 7.99. The number of rotatable bonds is 8. The molecule has 1 aromatic heterocycles. The lowest BCUT2D eigenvalue weighted by Gasteiger charge is -2.15. The lowest BCUT2D eigenvalue weighted by Crippen LogP contribution is -2.17. The van der Waals surface area contributed by atoms with Crippen LogP contribution in [0.1, 0.15) is 11.1 Å². The average molecular weight is 583 g/mol. The van der Waals surface area contributed by atoms with E-state index in [4.69, 9.17) is 9.47 Å². The number of halogens is 6. The Balaban J connectivity index is 1.62. The highest BCUT2D eigenvalue weighted by Crippen LogP contribution is 2.38. The molecule has 0 fully saturated rings. The number of hydrogen-bond acceptors (Lipinski definition) is 6. The monoisotopic (exact) mass is 582 g/mol. The van der Waals surface area contributed by atoms with Crippen LogP contribution in [0.4, 0.5) is 32.0 Å². The zero-order valence-corrected chi connectivity index (χ0v) is 21.6. The van der Waals surface area contributed by atoms with Crippen molar-refractivity contribution in [2.24, 2.45) is 0 Å². The molecule has 0 aliphatic carbocycles. The maximum absolute atomic E-state index is 13.2. The summed E-state index contributed by atoms with van der Waals surface area (Å²) >= 11 is 0.894. The number of hydrogen-bond donors (Lipinski definition) is 1. The Kier molecular flexibility index (Phi) is 8.28. The van der Waals surface area contributed by atoms with Gasteiger partial charge >= 0.3 is 12.4 Å². The zero-order chi connectivity index (χ0) is 29.1. The molecule has 7 nitrogen and oxygen atoms in total. The van der Waals surface area contributed by atoms with E-state index in [1.807, 2.05) is 0 Å². The minimum Gasteiger partial charge on any atom is -0.497 e. The molecule has 0 spiro atoms. The summed E-state index contributed by atoms with van der Waals surface area (Å²) in [4.78, 5) is 12.6. The maximum Gasteiger partial charge on any atom is 0.416 e. The number of benzene rings is 3.